The van der Waals surface area contributed by atoms with Crippen molar-refractivity contribution in [3.05, 3.63) is 75.1 Å². The Morgan fingerprint density at radius 2 is 1.93 bits per heavy atom. The molecule has 0 unspecified atom stereocenters. The van der Waals surface area contributed by atoms with Crippen LogP contribution in [0, 0.1) is 0 Å². The van der Waals surface area contributed by atoms with Crippen LogP contribution in [-0.4, -0.2) is 28.8 Å². The second-order valence-corrected chi connectivity index (χ2v) is 8.47. The zero-order chi connectivity index (χ0) is 21.0. The Morgan fingerprint density at radius 1 is 1.21 bits per heavy atom. The predicted molar refractivity (Wildman–Crippen MR) is 124 cm³/mol. The van der Waals surface area contributed by atoms with E-state index >= 15 is 0 Å². The molecule has 150 valence electrons. The van der Waals surface area contributed by atoms with Crippen molar-refractivity contribution < 1.29 is 14.3 Å². The first-order chi connectivity index (χ1) is 13.9. The number of hydrogen-bond acceptors (Lipinski definition) is 5. The smallest absolute Gasteiger partial charge is 0.266 e. The highest BCUT2D eigenvalue weighted by Crippen LogP contribution is 2.35. The lowest BCUT2D eigenvalue weighted by Gasteiger charge is -2.13. The summed E-state index contributed by atoms with van der Waals surface area (Å²) in [5.74, 6) is 0.941. The van der Waals surface area contributed by atoms with E-state index in [1.165, 1.54) is 16.7 Å². The number of thioether (sulfide) groups is 1. The van der Waals surface area contributed by atoms with Crippen molar-refractivity contribution in [2.45, 2.75) is 6.61 Å². The molecule has 1 heterocycles. The third kappa shape index (κ3) is 4.95. The zero-order valence-corrected chi connectivity index (χ0v) is 18.6. The van der Waals surface area contributed by atoms with Crippen molar-refractivity contribution in [1.29, 1.82) is 0 Å². The van der Waals surface area contributed by atoms with Crippen LogP contribution in [0.4, 0.5) is 0 Å². The Kier molecular flexibility index (Phi) is 7.24. The van der Waals surface area contributed by atoms with Crippen molar-refractivity contribution in [3.8, 4) is 11.5 Å². The molecule has 0 saturated carbocycles. The van der Waals surface area contributed by atoms with Crippen LogP contribution in [0.15, 0.2) is 54.0 Å². The molecule has 0 aliphatic carbocycles. The molecule has 29 heavy (non-hydrogen) atoms. The van der Waals surface area contributed by atoms with E-state index in [0.717, 1.165) is 5.56 Å². The molecule has 1 amide bonds. The molecular weight excluding hydrogens is 449 g/mol. The van der Waals surface area contributed by atoms with Gasteiger partial charge >= 0.3 is 0 Å². The maximum absolute atomic E-state index is 12.5. The largest absolute Gasteiger partial charge is 0.493 e. The zero-order valence-electron chi connectivity index (χ0n) is 15.5. The van der Waals surface area contributed by atoms with Crippen LogP contribution in [0.5, 0.6) is 11.5 Å². The van der Waals surface area contributed by atoms with Gasteiger partial charge in [0.2, 0.25) is 0 Å². The first-order valence-corrected chi connectivity index (χ1v) is 10.5. The van der Waals surface area contributed by atoms with Crippen molar-refractivity contribution in [3.63, 3.8) is 0 Å². The second-order valence-electron chi connectivity index (χ2n) is 5.98. The van der Waals surface area contributed by atoms with Gasteiger partial charge in [-0.3, -0.25) is 9.69 Å². The van der Waals surface area contributed by atoms with Gasteiger partial charge in [-0.1, -0.05) is 65.4 Å². The maximum atomic E-state index is 12.5. The predicted octanol–water partition coefficient (Wildman–Crippen LogP) is 5.97. The molecule has 0 bridgehead atoms. The Labute approximate surface area is 189 Å². The van der Waals surface area contributed by atoms with Crippen LogP contribution in [0.25, 0.3) is 6.08 Å². The number of thiocarbonyl (C=S) groups is 1. The Hall–Kier alpha value is -1.99. The number of carbonyl (C=O) groups is 1. The van der Waals surface area contributed by atoms with Crippen molar-refractivity contribution in [2.75, 3.05) is 13.7 Å². The molecule has 1 saturated heterocycles. The molecule has 4 nitrogen and oxygen atoms in total. The average molecular weight is 466 g/mol. The Balaban J connectivity index is 1.80. The normalized spacial score (nSPS) is 15.1. The van der Waals surface area contributed by atoms with Gasteiger partial charge in [0.15, 0.2) is 11.5 Å². The molecule has 0 spiro atoms. The number of halogens is 2. The lowest BCUT2D eigenvalue weighted by atomic mass is 10.1. The number of rotatable bonds is 7. The van der Waals surface area contributed by atoms with Gasteiger partial charge in [-0.05, 0) is 35.9 Å². The maximum Gasteiger partial charge on any atom is 0.266 e. The van der Waals surface area contributed by atoms with Crippen molar-refractivity contribution >= 4 is 63.5 Å². The summed E-state index contributed by atoms with van der Waals surface area (Å²) in [5, 5.41) is 1.07. The lowest BCUT2D eigenvalue weighted by Crippen LogP contribution is -2.27. The number of hydrogen-bond donors (Lipinski definition) is 0. The summed E-state index contributed by atoms with van der Waals surface area (Å²) in [4.78, 5) is 14.5. The van der Waals surface area contributed by atoms with Crippen molar-refractivity contribution in [1.82, 2.24) is 4.90 Å². The fourth-order valence-electron chi connectivity index (χ4n) is 2.65. The number of nitrogens with zero attached hydrogens (tertiary/aromatic N) is 1. The molecule has 1 aliphatic heterocycles. The first-order valence-electron chi connectivity index (χ1n) is 8.54. The molecular formula is C21H17Cl2NO3S2. The highest BCUT2D eigenvalue weighted by atomic mass is 35.5. The van der Waals surface area contributed by atoms with Gasteiger partial charge in [-0.2, -0.15) is 0 Å². The standard InChI is InChI=1S/C21H17Cl2NO3S2/c1-3-9-24-20(25)19(29-21(24)28)11-13-7-8-17(18(10-13)26-2)27-12-14-15(22)5-4-6-16(14)23/h3-8,10-11H,1,9,12H2,2H3/b19-11+. The summed E-state index contributed by atoms with van der Waals surface area (Å²) in [6.07, 6.45) is 3.42. The van der Waals surface area contributed by atoms with E-state index in [9.17, 15) is 4.79 Å². The summed E-state index contributed by atoms with van der Waals surface area (Å²) in [7, 11) is 1.55. The van der Waals surface area contributed by atoms with E-state index in [1.54, 1.807) is 49.6 Å². The molecule has 8 heteroatoms. The molecule has 3 rings (SSSR count). The topological polar surface area (TPSA) is 38.8 Å². The third-order valence-corrected chi connectivity index (χ3v) is 6.19. The van der Waals surface area contributed by atoms with E-state index in [-0.39, 0.29) is 12.5 Å². The molecule has 2 aromatic rings. The van der Waals surface area contributed by atoms with E-state index in [1.807, 2.05) is 6.07 Å². The minimum Gasteiger partial charge on any atom is -0.493 e. The van der Waals surface area contributed by atoms with Crippen LogP contribution < -0.4 is 9.47 Å². The Morgan fingerprint density at radius 3 is 2.59 bits per heavy atom. The van der Waals surface area contributed by atoms with Gasteiger partial charge in [0.25, 0.3) is 5.91 Å². The van der Waals surface area contributed by atoms with Crippen molar-refractivity contribution in [2.24, 2.45) is 0 Å². The summed E-state index contributed by atoms with van der Waals surface area (Å²) in [6, 6.07) is 10.7. The average Bonchev–Trinajstić information content (AvgIpc) is 2.96. The summed E-state index contributed by atoms with van der Waals surface area (Å²) in [5.41, 5.74) is 1.50. The number of carbonyl (C=O) groups excluding carboxylic acids is 1. The molecule has 0 radical (unpaired) electrons. The van der Waals surface area contributed by atoms with Gasteiger partial charge in [0.1, 0.15) is 10.9 Å². The molecule has 0 atom stereocenters. The number of methoxy groups -OCH3 is 1. The minimum atomic E-state index is -0.132. The summed E-state index contributed by atoms with van der Waals surface area (Å²) in [6.45, 7) is 4.25. The van der Waals surface area contributed by atoms with Gasteiger partial charge in [0.05, 0.1) is 12.0 Å². The lowest BCUT2D eigenvalue weighted by molar-refractivity contribution is -0.121. The van der Waals surface area contributed by atoms with Crippen LogP contribution in [0.3, 0.4) is 0 Å². The number of amides is 1. The van der Waals surface area contributed by atoms with E-state index in [4.69, 9.17) is 44.9 Å². The van der Waals surface area contributed by atoms with Gasteiger partial charge in [-0.15, -0.1) is 6.58 Å². The second kappa shape index (κ2) is 9.67. The highest BCUT2D eigenvalue weighted by molar-refractivity contribution is 8.26. The van der Waals surface area contributed by atoms with Gasteiger partial charge < -0.3 is 9.47 Å². The summed E-state index contributed by atoms with van der Waals surface area (Å²) < 4.78 is 11.8. The first kappa shape index (κ1) is 21.7. The quantitative estimate of drug-likeness (QED) is 0.286. The molecule has 1 aliphatic rings. The van der Waals surface area contributed by atoms with Gasteiger partial charge in [-0.25, -0.2) is 0 Å². The van der Waals surface area contributed by atoms with E-state index in [0.29, 0.717) is 42.9 Å². The van der Waals surface area contributed by atoms with Crippen LogP contribution in [-0.2, 0) is 11.4 Å². The molecule has 2 aromatic carbocycles. The third-order valence-electron chi connectivity index (χ3n) is 4.10. The molecule has 0 N–H and O–H groups in total. The number of ether oxygens (including phenoxy) is 2. The van der Waals surface area contributed by atoms with Gasteiger partial charge in [0, 0.05) is 22.2 Å². The van der Waals surface area contributed by atoms with E-state index < -0.39 is 0 Å². The highest BCUT2D eigenvalue weighted by Gasteiger charge is 2.31. The monoisotopic (exact) mass is 465 g/mol. The Bertz CT molecular complexity index is 987. The SMILES string of the molecule is C=CCN1C(=O)/C(=C\c2ccc(OCc3c(Cl)cccc3Cl)c(OC)c2)SC1=S. The molecule has 0 aromatic heterocycles. The fourth-order valence-corrected chi connectivity index (χ4v) is 4.43. The fraction of sp³-hybridized carbons (Fsp3) is 0.143. The minimum absolute atomic E-state index is 0.132. The van der Waals surface area contributed by atoms with E-state index in [2.05, 4.69) is 6.58 Å². The number of benzene rings is 2. The summed E-state index contributed by atoms with van der Waals surface area (Å²) >= 11 is 18.9. The van der Waals surface area contributed by atoms with Crippen LogP contribution >= 0.6 is 47.2 Å². The van der Waals surface area contributed by atoms with Crippen LogP contribution in [0.2, 0.25) is 10.0 Å². The molecule has 1 fully saturated rings. The van der Waals surface area contributed by atoms with Crippen LogP contribution in [0.1, 0.15) is 11.1 Å².